The second-order valence-corrected chi connectivity index (χ2v) is 3.72. The molecule has 0 fully saturated rings. The topological polar surface area (TPSA) is 25.8 Å². The van der Waals surface area contributed by atoms with Crippen LogP contribution in [0.2, 0.25) is 0 Å². The fourth-order valence-corrected chi connectivity index (χ4v) is 2.18. The fourth-order valence-electron chi connectivity index (χ4n) is 2.18. The van der Waals surface area contributed by atoms with Gasteiger partial charge in [-0.15, -0.1) is 0 Å². The molecule has 2 heterocycles. The Morgan fingerprint density at radius 3 is 2.73 bits per heavy atom. The lowest BCUT2D eigenvalue weighted by Crippen LogP contribution is -1.88. The predicted octanol–water partition coefficient (Wildman–Crippen LogP) is 2.83. The molecular formula is C13H10N2. The molecule has 0 aromatic carbocycles. The first kappa shape index (κ1) is 8.36. The molecule has 0 N–H and O–H groups in total. The Kier molecular flexibility index (Phi) is 1.54. The molecule has 0 spiro atoms. The summed E-state index contributed by atoms with van der Waals surface area (Å²) >= 11 is 0. The number of pyridine rings is 2. The summed E-state index contributed by atoms with van der Waals surface area (Å²) < 4.78 is 0. The number of rotatable bonds is 0. The van der Waals surface area contributed by atoms with Crippen LogP contribution in [-0.2, 0) is 0 Å². The molecule has 0 aliphatic heterocycles. The minimum Gasteiger partial charge on any atom is -0.264 e. The molecule has 0 radical (unpaired) electrons. The fraction of sp³-hybridized carbons (Fsp3) is 0.0769. The lowest BCUT2D eigenvalue weighted by molar-refractivity contribution is 1.19. The molecule has 2 aromatic heterocycles. The first-order chi connectivity index (χ1) is 7.29. The van der Waals surface area contributed by atoms with Gasteiger partial charge < -0.3 is 0 Å². The highest BCUT2D eigenvalue weighted by atomic mass is 14.7. The van der Waals surface area contributed by atoms with Gasteiger partial charge in [-0.1, -0.05) is 6.58 Å². The normalized spacial score (nSPS) is 12.5. The molecule has 15 heavy (non-hydrogen) atoms. The Balaban J connectivity index is 2.43. The molecule has 2 heteroatoms. The van der Waals surface area contributed by atoms with E-state index in [4.69, 9.17) is 0 Å². The van der Waals surface area contributed by atoms with Crippen LogP contribution in [0.1, 0.15) is 16.8 Å². The summed E-state index contributed by atoms with van der Waals surface area (Å²) in [4.78, 5) is 8.44. The van der Waals surface area contributed by atoms with Crippen molar-refractivity contribution in [3.05, 3.63) is 54.1 Å². The van der Waals surface area contributed by atoms with Crippen LogP contribution in [0.5, 0.6) is 0 Å². The molecule has 0 saturated carbocycles. The van der Waals surface area contributed by atoms with Crippen molar-refractivity contribution in [2.45, 2.75) is 6.92 Å². The van der Waals surface area contributed by atoms with Gasteiger partial charge >= 0.3 is 0 Å². The van der Waals surface area contributed by atoms with Crippen LogP contribution < -0.4 is 0 Å². The number of fused-ring (bicyclic) bond motifs is 3. The second kappa shape index (κ2) is 2.76. The van der Waals surface area contributed by atoms with Crippen LogP contribution in [0.3, 0.4) is 0 Å². The van der Waals surface area contributed by atoms with Gasteiger partial charge in [-0.25, -0.2) is 0 Å². The van der Waals surface area contributed by atoms with Crippen molar-refractivity contribution >= 4 is 5.57 Å². The van der Waals surface area contributed by atoms with Crippen molar-refractivity contribution in [1.29, 1.82) is 0 Å². The quantitative estimate of drug-likeness (QED) is 0.550. The summed E-state index contributed by atoms with van der Waals surface area (Å²) in [5.41, 5.74) is 6.82. The Labute approximate surface area is 88.3 Å². The molecule has 1 aliphatic carbocycles. The molecule has 0 saturated heterocycles. The van der Waals surface area contributed by atoms with E-state index < -0.39 is 0 Å². The standard InChI is InChI=1S/C13H10N2/c1-8-12-7-14-5-3-10(12)11-4-6-15-9(2)13(8)11/h3-7H,1H2,2H3. The van der Waals surface area contributed by atoms with Gasteiger partial charge in [0, 0.05) is 35.4 Å². The minimum atomic E-state index is 1.04. The van der Waals surface area contributed by atoms with E-state index in [9.17, 15) is 0 Å². The van der Waals surface area contributed by atoms with E-state index >= 15 is 0 Å². The molecular weight excluding hydrogens is 184 g/mol. The monoisotopic (exact) mass is 194 g/mol. The third kappa shape index (κ3) is 0.988. The third-order valence-electron chi connectivity index (χ3n) is 2.88. The van der Waals surface area contributed by atoms with E-state index in [-0.39, 0.29) is 0 Å². The van der Waals surface area contributed by atoms with Crippen molar-refractivity contribution in [3.8, 4) is 11.1 Å². The Bertz CT molecular complexity index is 570. The molecule has 3 rings (SSSR count). The Morgan fingerprint density at radius 2 is 1.87 bits per heavy atom. The van der Waals surface area contributed by atoms with Crippen LogP contribution in [-0.4, -0.2) is 9.97 Å². The number of hydrogen-bond acceptors (Lipinski definition) is 2. The second-order valence-electron chi connectivity index (χ2n) is 3.72. The molecule has 72 valence electrons. The zero-order valence-electron chi connectivity index (χ0n) is 8.49. The molecule has 2 nitrogen and oxygen atoms in total. The van der Waals surface area contributed by atoms with Crippen molar-refractivity contribution in [2.24, 2.45) is 0 Å². The summed E-state index contributed by atoms with van der Waals surface area (Å²) in [6.45, 7) is 6.13. The molecule has 1 aliphatic rings. The maximum absolute atomic E-state index is 4.30. The smallest absolute Gasteiger partial charge is 0.0457 e. The van der Waals surface area contributed by atoms with Crippen LogP contribution in [0.4, 0.5) is 0 Å². The van der Waals surface area contributed by atoms with Gasteiger partial charge in [0.25, 0.3) is 0 Å². The number of aromatic nitrogens is 2. The van der Waals surface area contributed by atoms with Gasteiger partial charge in [-0.2, -0.15) is 0 Å². The summed E-state index contributed by atoms with van der Waals surface area (Å²) in [7, 11) is 0. The highest BCUT2D eigenvalue weighted by Crippen LogP contribution is 2.43. The average Bonchev–Trinajstić information content (AvgIpc) is 2.55. The maximum atomic E-state index is 4.30. The van der Waals surface area contributed by atoms with Crippen LogP contribution in [0, 0.1) is 6.92 Å². The molecule has 0 bridgehead atoms. The molecule has 0 atom stereocenters. The largest absolute Gasteiger partial charge is 0.264 e. The molecule has 0 amide bonds. The Hall–Kier alpha value is -1.96. The van der Waals surface area contributed by atoms with E-state index in [1.807, 2.05) is 37.6 Å². The van der Waals surface area contributed by atoms with Gasteiger partial charge in [0.05, 0.1) is 0 Å². The van der Waals surface area contributed by atoms with Gasteiger partial charge in [-0.05, 0) is 35.8 Å². The summed E-state index contributed by atoms with van der Waals surface area (Å²) in [6, 6.07) is 4.07. The van der Waals surface area contributed by atoms with Crippen molar-refractivity contribution in [3.63, 3.8) is 0 Å². The first-order valence-electron chi connectivity index (χ1n) is 4.88. The maximum Gasteiger partial charge on any atom is 0.0457 e. The van der Waals surface area contributed by atoms with Crippen LogP contribution >= 0.6 is 0 Å². The number of hydrogen-bond donors (Lipinski definition) is 0. The van der Waals surface area contributed by atoms with E-state index in [0.29, 0.717) is 0 Å². The third-order valence-corrected chi connectivity index (χ3v) is 2.88. The Morgan fingerprint density at radius 1 is 1.07 bits per heavy atom. The number of aryl methyl sites for hydroxylation is 1. The van der Waals surface area contributed by atoms with Gasteiger partial charge in [0.2, 0.25) is 0 Å². The van der Waals surface area contributed by atoms with E-state index in [1.165, 1.54) is 16.7 Å². The zero-order valence-corrected chi connectivity index (χ0v) is 8.49. The molecule has 0 unspecified atom stereocenters. The summed E-state index contributed by atoms with van der Waals surface area (Å²) in [5.74, 6) is 0. The lowest BCUT2D eigenvalue weighted by atomic mass is 10.1. The predicted molar refractivity (Wildman–Crippen MR) is 60.3 cm³/mol. The highest BCUT2D eigenvalue weighted by molar-refractivity contribution is 6.00. The highest BCUT2D eigenvalue weighted by Gasteiger charge is 2.23. The van der Waals surface area contributed by atoms with E-state index in [2.05, 4.69) is 16.5 Å². The van der Waals surface area contributed by atoms with Crippen LogP contribution in [0.25, 0.3) is 16.7 Å². The van der Waals surface area contributed by atoms with Crippen LogP contribution in [0.15, 0.2) is 37.3 Å². The average molecular weight is 194 g/mol. The lowest BCUT2D eigenvalue weighted by Gasteiger charge is -2.02. The zero-order chi connectivity index (χ0) is 10.4. The first-order valence-corrected chi connectivity index (χ1v) is 4.88. The number of nitrogens with zero attached hydrogens (tertiary/aromatic N) is 2. The molecule has 2 aromatic rings. The SMILES string of the molecule is C=C1c2cnccc2-c2ccnc(C)c21. The van der Waals surface area contributed by atoms with Crippen molar-refractivity contribution < 1.29 is 0 Å². The van der Waals surface area contributed by atoms with Gasteiger partial charge in [-0.3, -0.25) is 9.97 Å². The van der Waals surface area contributed by atoms with Gasteiger partial charge in [0.15, 0.2) is 0 Å². The van der Waals surface area contributed by atoms with Gasteiger partial charge in [0.1, 0.15) is 0 Å². The van der Waals surface area contributed by atoms with E-state index in [1.54, 1.807) is 0 Å². The minimum absolute atomic E-state index is 1.04. The van der Waals surface area contributed by atoms with Crippen molar-refractivity contribution in [1.82, 2.24) is 9.97 Å². The summed E-state index contributed by atoms with van der Waals surface area (Å²) in [5, 5.41) is 0. The van der Waals surface area contributed by atoms with E-state index in [0.717, 1.165) is 16.8 Å². The summed E-state index contributed by atoms with van der Waals surface area (Å²) in [6.07, 6.45) is 5.53. The van der Waals surface area contributed by atoms with Crippen molar-refractivity contribution in [2.75, 3.05) is 0 Å².